The van der Waals surface area contributed by atoms with E-state index in [-0.39, 0.29) is 19.0 Å². The predicted molar refractivity (Wildman–Crippen MR) is 96.0 cm³/mol. The van der Waals surface area contributed by atoms with Crippen LogP contribution in [-0.4, -0.2) is 39.2 Å². The molecule has 0 unspecified atom stereocenters. The maximum Gasteiger partial charge on any atom is 0.293 e. The lowest BCUT2D eigenvalue weighted by molar-refractivity contribution is -0.255. The van der Waals surface area contributed by atoms with E-state index in [0.717, 1.165) is 0 Å². The number of fused-ring (bicyclic) bond motifs is 1. The molecule has 1 saturated carbocycles. The molecule has 27 heavy (non-hydrogen) atoms. The SMILES string of the molecule is CCOC1(OCC)N=C(N)[C@@]2(C#N)[C@@H](c3ccc(OC)c(OC)c3)[C@@]12C#N. The summed E-state index contributed by atoms with van der Waals surface area (Å²) in [7, 11) is 3.06. The quantitative estimate of drug-likeness (QED) is 0.727. The highest BCUT2D eigenvalue weighted by atomic mass is 16.7. The summed E-state index contributed by atoms with van der Waals surface area (Å²) in [5.41, 5.74) is 4.17. The fraction of sp³-hybridized carbons (Fsp3) is 0.526. The molecule has 0 amide bonds. The summed E-state index contributed by atoms with van der Waals surface area (Å²) in [5.74, 6) is -1.10. The van der Waals surface area contributed by atoms with Crippen molar-refractivity contribution in [2.75, 3.05) is 27.4 Å². The van der Waals surface area contributed by atoms with Crippen LogP contribution in [0, 0.1) is 33.5 Å². The Balaban J connectivity index is 2.21. The van der Waals surface area contributed by atoms with Gasteiger partial charge in [0.2, 0.25) is 0 Å². The lowest BCUT2D eigenvalue weighted by Gasteiger charge is -2.31. The number of rotatable bonds is 7. The first-order valence-corrected chi connectivity index (χ1v) is 8.66. The molecule has 142 valence electrons. The molecule has 0 aromatic heterocycles. The number of nitrogens with zero attached hydrogens (tertiary/aromatic N) is 3. The summed E-state index contributed by atoms with van der Waals surface area (Å²) in [5, 5.41) is 20.2. The zero-order chi connectivity index (χ0) is 19.9. The predicted octanol–water partition coefficient (Wildman–Crippen LogP) is 1.92. The zero-order valence-electron chi connectivity index (χ0n) is 15.8. The summed E-state index contributed by atoms with van der Waals surface area (Å²) in [6.07, 6.45) is 0. The van der Waals surface area contributed by atoms with Crippen molar-refractivity contribution in [3.63, 3.8) is 0 Å². The van der Waals surface area contributed by atoms with Gasteiger partial charge in [-0.25, -0.2) is 4.99 Å². The van der Waals surface area contributed by atoms with E-state index in [0.29, 0.717) is 17.1 Å². The Morgan fingerprint density at radius 3 is 2.19 bits per heavy atom. The first-order valence-electron chi connectivity index (χ1n) is 8.66. The summed E-state index contributed by atoms with van der Waals surface area (Å²) in [6.45, 7) is 4.05. The van der Waals surface area contributed by atoms with E-state index >= 15 is 0 Å². The number of hydrogen-bond donors (Lipinski definition) is 1. The smallest absolute Gasteiger partial charge is 0.293 e. The molecule has 2 aliphatic rings. The van der Waals surface area contributed by atoms with Crippen LogP contribution < -0.4 is 15.2 Å². The number of nitriles is 2. The van der Waals surface area contributed by atoms with Gasteiger partial charge in [0, 0.05) is 19.1 Å². The molecule has 1 aromatic carbocycles. The van der Waals surface area contributed by atoms with Gasteiger partial charge in [-0.3, -0.25) is 0 Å². The Hall–Kier alpha value is -2.81. The van der Waals surface area contributed by atoms with Crippen molar-refractivity contribution in [3.05, 3.63) is 23.8 Å². The minimum absolute atomic E-state index is 0.0493. The van der Waals surface area contributed by atoms with Crippen LogP contribution in [0.15, 0.2) is 23.2 Å². The van der Waals surface area contributed by atoms with Crippen LogP contribution in [0.2, 0.25) is 0 Å². The highest BCUT2D eigenvalue weighted by Crippen LogP contribution is 2.82. The molecule has 1 aliphatic heterocycles. The summed E-state index contributed by atoms with van der Waals surface area (Å²) < 4.78 is 22.3. The fourth-order valence-electron chi connectivity index (χ4n) is 4.28. The molecule has 1 fully saturated rings. The van der Waals surface area contributed by atoms with Crippen molar-refractivity contribution >= 4 is 5.84 Å². The molecule has 3 atom stereocenters. The third kappa shape index (κ3) is 2.05. The van der Waals surface area contributed by atoms with Gasteiger partial charge >= 0.3 is 0 Å². The Kier molecular flexibility index (Phi) is 4.51. The van der Waals surface area contributed by atoms with Gasteiger partial charge in [-0.1, -0.05) is 6.07 Å². The van der Waals surface area contributed by atoms with E-state index in [2.05, 4.69) is 17.1 Å². The first-order chi connectivity index (χ1) is 13.0. The molecule has 1 aliphatic carbocycles. The number of nitrogens with two attached hydrogens (primary N) is 1. The molecule has 1 heterocycles. The lowest BCUT2D eigenvalue weighted by atomic mass is 9.93. The third-order valence-corrected chi connectivity index (χ3v) is 5.35. The number of hydrogen-bond acceptors (Lipinski definition) is 8. The second-order valence-corrected chi connectivity index (χ2v) is 6.33. The number of aliphatic imine (C=N–C) groups is 1. The Morgan fingerprint density at radius 2 is 1.70 bits per heavy atom. The van der Waals surface area contributed by atoms with Gasteiger partial charge in [-0.2, -0.15) is 10.5 Å². The second-order valence-electron chi connectivity index (χ2n) is 6.33. The van der Waals surface area contributed by atoms with Crippen molar-refractivity contribution in [2.24, 2.45) is 21.6 Å². The molecule has 0 radical (unpaired) electrons. The number of amidine groups is 1. The standard InChI is InChI=1S/C19H22N4O4/c1-5-26-19(27-6-2)18(11-21)15(17(18,10-20)16(22)23-19)12-7-8-13(24-3)14(9-12)25-4/h7-9,15H,5-6H2,1-4H3,(H2,22,23)/t15-,17-,18-/m1/s1. The van der Waals surface area contributed by atoms with Crippen molar-refractivity contribution < 1.29 is 18.9 Å². The Bertz CT molecular complexity index is 865. The normalized spacial score (nSPS) is 29.9. The molecule has 0 bridgehead atoms. The average Bonchev–Trinajstić information content (AvgIpc) is 3.26. The van der Waals surface area contributed by atoms with Crippen LogP contribution in [0.5, 0.6) is 11.5 Å². The van der Waals surface area contributed by atoms with Crippen molar-refractivity contribution in [1.29, 1.82) is 10.5 Å². The van der Waals surface area contributed by atoms with Crippen LogP contribution in [-0.2, 0) is 9.47 Å². The maximum atomic E-state index is 10.2. The van der Waals surface area contributed by atoms with Crippen molar-refractivity contribution in [2.45, 2.75) is 25.7 Å². The topological polar surface area (TPSA) is 123 Å². The zero-order valence-corrected chi connectivity index (χ0v) is 15.8. The average molecular weight is 370 g/mol. The molecule has 8 heteroatoms. The van der Waals surface area contributed by atoms with Gasteiger partial charge in [0.1, 0.15) is 11.3 Å². The third-order valence-electron chi connectivity index (χ3n) is 5.35. The van der Waals surface area contributed by atoms with Crippen LogP contribution in [0.3, 0.4) is 0 Å². The highest BCUT2D eigenvalue weighted by Gasteiger charge is 2.93. The summed E-state index contributed by atoms with van der Waals surface area (Å²) in [4.78, 5) is 4.32. The molecule has 3 rings (SSSR count). The minimum Gasteiger partial charge on any atom is -0.493 e. The van der Waals surface area contributed by atoms with Gasteiger partial charge in [-0.15, -0.1) is 0 Å². The number of benzene rings is 1. The van der Waals surface area contributed by atoms with Gasteiger partial charge in [-0.05, 0) is 31.5 Å². The molecule has 8 nitrogen and oxygen atoms in total. The molecule has 0 saturated heterocycles. The minimum atomic E-state index is -1.62. The molecular weight excluding hydrogens is 348 g/mol. The van der Waals surface area contributed by atoms with Gasteiger partial charge in [0.15, 0.2) is 16.9 Å². The largest absolute Gasteiger partial charge is 0.493 e. The van der Waals surface area contributed by atoms with E-state index in [1.165, 1.54) is 14.2 Å². The summed E-state index contributed by atoms with van der Waals surface area (Å²) >= 11 is 0. The summed E-state index contributed by atoms with van der Waals surface area (Å²) in [6, 6.07) is 9.77. The van der Waals surface area contributed by atoms with Crippen LogP contribution in [0.4, 0.5) is 0 Å². The van der Waals surface area contributed by atoms with Crippen molar-refractivity contribution in [3.8, 4) is 23.6 Å². The molecule has 0 spiro atoms. The van der Waals surface area contributed by atoms with Crippen LogP contribution >= 0.6 is 0 Å². The van der Waals surface area contributed by atoms with Crippen molar-refractivity contribution in [1.82, 2.24) is 0 Å². The molecular formula is C19H22N4O4. The van der Waals surface area contributed by atoms with E-state index < -0.39 is 22.7 Å². The molecule has 1 aromatic rings. The maximum absolute atomic E-state index is 10.2. The van der Waals surface area contributed by atoms with Gasteiger partial charge < -0.3 is 24.7 Å². The highest BCUT2D eigenvalue weighted by molar-refractivity contribution is 6.00. The number of ether oxygens (including phenoxy) is 4. The van der Waals surface area contributed by atoms with Gasteiger partial charge in [0.05, 0.1) is 26.4 Å². The second kappa shape index (κ2) is 6.41. The Labute approximate surface area is 158 Å². The first kappa shape index (κ1) is 19.0. The van der Waals surface area contributed by atoms with E-state index in [1.54, 1.807) is 32.0 Å². The van der Waals surface area contributed by atoms with E-state index in [9.17, 15) is 10.5 Å². The van der Waals surface area contributed by atoms with Crippen LogP contribution in [0.1, 0.15) is 25.3 Å². The fourth-order valence-corrected chi connectivity index (χ4v) is 4.28. The van der Waals surface area contributed by atoms with E-state index in [4.69, 9.17) is 24.7 Å². The number of methoxy groups -OCH3 is 2. The monoisotopic (exact) mass is 370 g/mol. The Morgan fingerprint density at radius 1 is 1.07 bits per heavy atom. The van der Waals surface area contributed by atoms with E-state index in [1.807, 2.05) is 0 Å². The van der Waals surface area contributed by atoms with Crippen LogP contribution in [0.25, 0.3) is 0 Å². The lowest BCUT2D eigenvalue weighted by Crippen LogP contribution is -2.43. The van der Waals surface area contributed by atoms with Gasteiger partial charge in [0.25, 0.3) is 5.91 Å². The molecule has 2 N–H and O–H groups in total.